The van der Waals surface area contributed by atoms with Crippen LogP contribution >= 0.6 is 23.2 Å². The second-order valence-corrected chi connectivity index (χ2v) is 12.8. The molecule has 0 bridgehead atoms. The number of ether oxygens (including phenoxy) is 2. The Morgan fingerprint density at radius 2 is 1.67 bits per heavy atom. The fraction of sp³-hybridized carbons (Fsp3) is 0.294. The summed E-state index contributed by atoms with van der Waals surface area (Å²) in [4.78, 5) is 42.7. The van der Waals surface area contributed by atoms with Gasteiger partial charge in [-0.3, -0.25) is 9.59 Å². The highest BCUT2D eigenvalue weighted by atomic mass is 35.5. The lowest BCUT2D eigenvalue weighted by molar-refractivity contribution is -0.141. The molecule has 2 amide bonds. The molecule has 0 aliphatic carbocycles. The molecule has 15 heteroatoms. The summed E-state index contributed by atoms with van der Waals surface area (Å²) in [6.07, 6.45) is -2.90. The number of aryl methyl sites for hydroxylation is 1. The molecule has 0 aliphatic heterocycles. The van der Waals surface area contributed by atoms with Crippen molar-refractivity contribution < 1.29 is 41.4 Å². The zero-order chi connectivity index (χ0) is 36.3. The first-order chi connectivity index (χ1) is 22.8. The molecular weight excluding hydrogens is 691 g/mol. The van der Waals surface area contributed by atoms with E-state index in [2.05, 4.69) is 10.3 Å². The summed E-state index contributed by atoms with van der Waals surface area (Å²) in [5.74, 6) is -2.50. The van der Waals surface area contributed by atoms with Crippen LogP contribution in [0.4, 0.5) is 22.4 Å². The Morgan fingerprint density at radius 3 is 2.31 bits per heavy atom. The van der Waals surface area contributed by atoms with Crippen molar-refractivity contribution in [3.8, 4) is 11.1 Å². The summed E-state index contributed by atoms with van der Waals surface area (Å²) in [7, 11) is 2.81. The lowest BCUT2D eigenvalue weighted by atomic mass is 9.94. The van der Waals surface area contributed by atoms with Crippen molar-refractivity contribution in [2.24, 2.45) is 12.0 Å². The number of carbonyl (C=O) groups is 3. The van der Waals surface area contributed by atoms with Gasteiger partial charge in [-0.25, -0.2) is 9.18 Å². The minimum Gasteiger partial charge on any atom is -0.469 e. The van der Waals surface area contributed by atoms with E-state index >= 15 is 0 Å². The Balaban J connectivity index is 1.84. The number of nitrogens with one attached hydrogen (secondary N) is 1. The highest BCUT2D eigenvalue weighted by Crippen LogP contribution is 2.38. The largest absolute Gasteiger partial charge is 0.469 e. The number of hydrogen-bond donors (Lipinski definition) is 1. The maximum absolute atomic E-state index is 14.1. The van der Waals surface area contributed by atoms with Crippen LogP contribution < -0.4 is 10.9 Å². The maximum atomic E-state index is 14.1. The third-order valence-corrected chi connectivity index (χ3v) is 7.82. The Kier molecular flexibility index (Phi) is 11.3. The van der Waals surface area contributed by atoms with Crippen LogP contribution in [-0.4, -0.2) is 39.8 Å². The molecule has 4 aromatic rings. The molecule has 260 valence electrons. The summed E-state index contributed by atoms with van der Waals surface area (Å²) >= 11 is 12.2. The topological polar surface area (TPSA) is 104 Å². The highest BCUT2D eigenvalue weighted by molar-refractivity contribution is 6.42. The molecule has 0 saturated heterocycles. The number of halogens is 6. The Morgan fingerprint density at radius 1 is 0.959 bits per heavy atom. The van der Waals surface area contributed by atoms with Crippen molar-refractivity contribution in [1.82, 2.24) is 14.5 Å². The number of amides is 2. The number of benzene rings is 3. The molecule has 0 radical (unpaired) electrons. The molecule has 4 rings (SSSR count). The fourth-order valence-corrected chi connectivity index (χ4v) is 5.20. The summed E-state index contributed by atoms with van der Waals surface area (Å²) in [5.41, 5.74) is -1.67. The van der Waals surface area contributed by atoms with Crippen molar-refractivity contribution in [3.05, 3.63) is 111 Å². The van der Waals surface area contributed by atoms with E-state index in [9.17, 15) is 31.9 Å². The van der Waals surface area contributed by atoms with Crippen LogP contribution in [0.3, 0.4) is 0 Å². The molecule has 3 aromatic carbocycles. The fourth-order valence-electron chi connectivity index (χ4n) is 4.89. The van der Waals surface area contributed by atoms with Gasteiger partial charge < -0.3 is 23.9 Å². The van der Waals surface area contributed by atoms with Crippen LogP contribution in [0.25, 0.3) is 11.1 Å². The third-order valence-electron chi connectivity index (χ3n) is 7.08. The molecule has 0 fully saturated rings. The van der Waals surface area contributed by atoms with Gasteiger partial charge in [-0.05, 0) is 85.5 Å². The normalized spacial score (nSPS) is 12.8. The minimum absolute atomic E-state index is 0.0452. The summed E-state index contributed by atoms with van der Waals surface area (Å²) in [6.45, 7) is 4.98. The van der Waals surface area contributed by atoms with Gasteiger partial charge in [-0.1, -0.05) is 35.3 Å². The van der Waals surface area contributed by atoms with Crippen LogP contribution in [0.1, 0.15) is 60.3 Å². The number of alkyl halides is 3. The average Bonchev–Trinajstić information content (AvgIpc) is 3.34. The first kappa shape index (κ1) is 37.2. The van der Waals surface area contributed by atoms with Gasteiger partial charge in [0.05, 0.1) is 41.7 Å². The lowest BCUT2D eigenvalue weighted by Gasteiger charge is -2.20. The summed E-state index contributed by atoms with van der Waals surface area (Å²) < 4.78 is 69.6. The van der Waals surface area contributed by atoms with Crippen LogP contribution in [-0.2, 0) is 34.0 Å². The van der Waals surface area contributed by atoms with E-state index in [1.54, 1.807) is 46.3 Å². The number of rotatable bonds is 8. The number of hydrogen-bond acceptors (Lipinski definition) is 5. The number of methoxy groups -OCH3 is 1. The van der Waals surface area contributed by atoms with Gasteiger partial charge in [-0.2, -0.15) is 13.2 Å². The van der Waals surface area contributed by atoms with Crippen LogP contribution in [0.2, 0.25) is 10.0 Å². The number of esters is 1. The Labute approximate surface area is 289 Å². The van der Waals surface area contributed by atoms with E-state index in [1.165, 1.54) is 46.6 Å². The van der Waals surface area contributed by atoms with E-state index < -0.39 is 47.2 Å². The quantitative estimate of drug-likeness (QED) is 0.147. The van der Waals surface area contributed by atoms with Crippen LogP contribution in [0, 0.1) is 5.82 Å². The summed E-state index contributed by atoms with van der Waals surface area (Å²) in [5, 5.41) is 3.14. The first-order valence-corrected chi connectivity index (χ1v) is 15.4. The molecule has 1 unspecified atom stereocenters. The first-order valence-electron chi connectivity index (χ1n) is 14.7. The zero-order valence-corrected chi connectivity index (χ0v) is 28.5. The molecule has 1 N–H and O–H groups in total. The number of aromatic nitrogens is 2. The van der Waals surface area contributed by atoms with Gasteiger partial charge in [0.25, 0.3) is 5.91 Å². The molecule has 1 heterocycles. The van der Waals surface area contributed by atoms with Crippen LogP contribution in [0.5, 0.6) is 0 Å². The SMILES string of the molecule is COC(=O)CC(NC(=O)c1cc(Cn2ccn(C)/c2=N/C(=O)OC(C)(C)C)cc(-c2ccc(F)cc2C(F)(F)F)c1)c1ccc(Cl)c(Cl)c1. The van der Waals surface area contributed by atoms with Crippen molar-refractivity contribution in [1.29, 1.82) is 0 Å². The number of nitrogens with zero attached hydrogens (tertiary/aromatic N) is 3. The molecule has 0 spiro atoms. The lowest BCUT2D eigenvalue weighted by Crippen LogP contribution is -2.31. The van der Waals surface area contributed by atoms with Gasteiger partial charge in [-0.15, -0.1) is 4.99 Å². The molecular formula is C34H32Cl2F4N4O5. The van der Waals surface area contributed by atoms with Crippen LogP contribution in [0.15, 0.2) is 72.0 Å². The maximum Gasteiger partial charge on any atom is 0.437 e. The smallest absolute Gasteiger partial charge is 0.437 e. The molecule has 0 aliphatic rings. The molecule has 1 atom stereocenters. The number of imidazole rings is 1. The van der Waals surface area contributed by atoms with Crippen molar-refractivity contribution in [3.63, 3.8) is 0 Å². The van der Waals surface area contributed by atoms with E-state index in [4.69, 9.17) is 32.7 Å². The van der Waals surface area contributed by atoms with Gasteiger partial charge in [0, 0.05) is 25.0 Å². The average molecular weight is 724 g/mol. The monoisotopic (exact) mass is 722 g/mol. The Bertz CT molecular complexity index is 1960. The Hall–Kier alpha value is -4.62. The molecule has 1 aromatic heterocycles. The van der Waals surface area contributed by atoms with Gasteiger partial charge in [0.1, 0.15) is 11.4 Å². The van der Waals surface area contributed by atoms with Gasteiger partial charge in [0.2, 0.25) is 5.62 Å². The van der Waals surface area contributed by atoms with Crippen molar-refractivity contribution >= 4 is 41.2 Å². The second-order valence-electron chi connectivity index (χ2n) is 12.0. The second kappa shape index (κ2) is 14.9. The summed E-state index contributed by atoms with van der Waals surface area (Å²) in [6, 6.07) is 9.87. The standard InChI is InChI=1S/C34H32Cl2F4N4O5/c1-33(2,3)49-32(47)42-31-43(4)10-11-44(31)18-19-12-21(24-8-7-23(37)16-25(24)34(38,39)40)14-22(13-19)30(46)41-28(17-29(45)48-5)20-6-9-26(35)27(36)15-20/h6-16,28H,17-18H2,1-5H3,(H,41,46)/b42-31-. The predicted molar refractivity (Wildman–Crippen MR) is 174 cm³/mol. The van der Waals surface area contributed by atoms with E-state index in [1.807, 2.05) is 0 Å². The highest BCUT2D eigenvalue weighted by Gasteiger charge is 2.34. The van der Waals surface area contributed by atoms with Crippen molar-refractivity contribution in [2.45, 2.75) is 51.6 Å². The molecule has 49 heavy (non-hydrogen) atoms. The number of carbonyl (C=O) groups excluding carboxylic acids is 3. The molecule has 0 saturated carbocycles. The van der Waals surface area contributed by atoms with Gasteiger partial charge >= 0.3 is 18.2 Å². The molecule has 9 nitrogen and oxygen atoms in total. The third kappa shape index (κ3) is 9.73. The minimum atomic E-state index is -4.93. The van der Waals surface area contributed by atoms with E-state index in [0.717, 1.165) is 12.1 Å². The van der Waals surface area contributed by atoms with Gasteiger partial charge in [0.15, 0.2) is 0 Å². The van der Waals surface area contributed by atoms with E-state index in [0.29, 0.717) is 17.2 Å². The van der Waals surface area contributed by atoms with Crippen molar-refractivity contribution in [2.75, 3.05) is 7.11 Å². The zero-order valence-electron chi connectivity index (χ0n) is 27.0. The predicted octanol–water partition coefficient (Wildman–Crippen LogP) is 7.88. The van der Waals surface area contributed by atoms with E-state index in [-0.39, 0.29) is 45.3 Å².